The number of benzene rings is 1. The third-order valence-electron chi connectivity index (χ3n) is 4.57. The van der Waals surface area contributed by atoms with Crippen LogP contribution in [0.2, 0.25) is 0 Å². The van der Waals surface area contributed by atoms with E-state index in [1.54, 1.807) is 39.7 Å². The number of thiophene rings is 1. The molecule has 164 valence electrons. The molecular weight excluding hydrogens is 432 g/mol. The molecule has 0 spiro atoms. The molecule has 0 radical (unpaired) electrons. The highest BCUT2D eigenvalue weighted by Gasteiger charge is 2.24. The maximum atomic E-state index is 12.4. The summed E-state index contributed by atoms with van der Waals surface area (Å²) in [5.41, 5.74) is 0.757. The number of ether oxygens (including phenoxy) is 1. The normalized spacial score (nSPS) is 11.9. The Bertz CT molecular complexity index is 1080. The van der Waals surface area contributed by atoms with E-state index >= 15 is 0 Å². The summed E-state index contributed by atoms with van der Waals surface area (Å²) in [6.07, 6.45) is 0. The van der Waals surface area contributed by atoms with Crippen LogP contribution in [0.4, 0.5) is 5.82 Å². The molecule has 0 aliphatic carbocycles. The number of amides is 1. The van der Waals surface area contributed by atoms with Crippen LogP contribution in [-0.2, 0) is 15.3 Å². The minimum Gasteiger partial charge on any atom is -0.462 e. The first-order valence-corrected chi connectivity index (χ1v) is 11.7. The minimum atomic E-state index is -0.479. The third-order valence-corrected chi connectivity index (χ3v) is 6.75. The van der Waals surface area contributed by atoms with Gasteiger partial charge in [0.25, 0.3) is 0 Å². The number of aromatic nitrogens is 2. The first-order valence-electron chi connectivity index (χ1n) is 9.94. The SMILES string of the molecule is CCOC(=O)c1sc2nc(CSc3ccccc3)nc(N[C@@H](C)C(=O)N(C)C)c2c1C. The molecule has 0 aliphatic rings. The Morgan fingerprint density at radius 1 is 1.23 bits per heavy atom. The number of anilines is 1. The van der Waals surface area contributed by atoms with E-state index < -0.39 is 6.04 Å². The van der Waals surface area contributed by atoms with Crippen LogP contribution >= 0.6 is 23.1 Å². The smallest absolute Gasteiger partial charge is 0.348 e. The van der Waals surface area contributed by atoms with Gasteiger partial charge < -0.3 is 15.0 Å². The molecule has 0 bridgehead atoms. The van der Waals surface area contributed by atoms with Crippen LogP contribution < -0.4 is 5.32 Å². The van der Waals surface area contributed by atoms with E-state index in [-0.39, 0.29) is 11.9 Å². The molecule has 3 rings (SSSR count). The fourth-order valence-electron chi connectivity index (χ4n) is 3.06. The number of thioether (sulfide) groups is 1. The maximum Gasteiger partial charge on any atom is 0.348 e. The summed E-state index contributed by atoms with van der Waals surface area (Å²) in [4.78, 5) is 38.1. The lowest BCUT2D eigenvalue weighted by Gasteiger charge is -2.19. The summed E-state index contributed by atoms with van der Waals surface area (Å²) in [6, 6.07) is 9.55. The average molecular weight is 459 g/mol. The summed E-state index contributed by atoms with van der Waals surface area (Å²) in [5.74, 6) is 1.32. The van der Waals surface area contributed by atoms with Gasteiger partial charge in [-0.25, -0.2) is 14.8 Å². The van der Waals surface area contributed by atoms with Gasteiger partial charge in [0.05, 0.1) is 17.7 Å². The van der Waals surface area contributed by atoms with Gasteiger partial charge in [-0.2, -0.15) is 0 Å². The number of hydrogen-bond acceptors (Lipinski definition) is 8. The molecular formula is C22H26N4O3S2. The molecule has 31 heavy (non-hydrogen) atoms. The third kappa shape index (κ3) is 5.34. The van der Waals surface area contributed by atoms with Crippen LogP contribution in [0.3, 0.4) is 0 Å². The molecule has 0 aliphatic heterocycles. The van der Waals surface area contributed by atoms with Crippen molar-refractivity contribution in [2.24, 2.45) is 0 Å². The molecule has 0 fully saturated rings. The van der Waals surface area contributed by atoms with Crippen molar-refractivity contribution in [3.05, 3.63) is 46.6 Å². The molecule has 0 unspecified atom stereocenters. The number of nitrogens with one attached hydrogen (secondary N) is 1. The number of nitrogens with zero attached hydrogens (tertiary/aromatic N) is 3. The standard InChI is InChI=1S/C22H26N4O3S2/c1-6-29-22(28)18-13(2)17-19(23-14(3)21(27)26(4)5)24-16(25-20(17)31-18)12-30-15-10-8-7-9-11-15/h7-11,14H,6,12H2,1-5H3,(H,23,24,25)/t14-/m0/s1. The van der Waals surface area contributed by atoms with Crippen molar-refractivity contribution < 1.29 is 14.3 Å². The van der Waals surface area contributed by atoms with E-state index in [0.717, 1.165) is 15.8 Å². The lowest BCUT2D eigenvalue weighted by Crippen LogP contribution is -2.37. The van der Waals surface area contributed by atoms with Gasteiger partial charge in [-0.05, 0) is 38.5 Å². The monoisotopic (exact) mass is 458 g/mol. The van der Waals surface area contributed by atoms with Crippen LogP contribution in [0.1, 0.15) is 34.9 Å². The zero-order valence-electron chi connectivity index (χ0n) is 18.3. The largest absolute Gasteiger partial charge is 0.462 e. The van der Waals surface area contributed by atoms with Gasteiger partial charge in [0, 0.05) is 19.0 Å². The number of esters is 1. The lowest BCUT2D eigenvalue weighted by molar-refractivity contribution is -0.129. The fourth-order valence-corrected chi connectivity index (χ4v) is 4.93. The van der Waals surface area contributed by atoms with Crippen molar-refractivity contribution >= 4 is 51.0 Å². The van der Waals surface area contributed by atoms with Crippen molar-refractivity contribution in [1.29, 1.82) is 0 Å². The minimum absolute atomic E-state index is 0.0644. The Kier molecular flexibility index (Phi) is 7.50. The van der Waals surface area contributed by atoms with E-state index in [2.05, 4.69) is 5.32 Å². The first-order chi connectivity index (χ1) is 14.8. The number of hydrogen-bond donors (Lipinski definition) is 1. The summed E-state index contributed by atoms with van der Waals surface area (Å²) in [7, 11) is 3.43. The molecule has 2 aromatic heterocycles. The summed E-state index contributed by atoms with van der Waals surface area (Å²) in [5, 5.41) is 3.98. The highest BCUT2D eigenvalue weighted by Crippen LogP contribution is 2.35. The Morgan fingerprint density at radius 3 is 2.58 bits per heavy atom. The molecule has 1 atom stereocenters. The number of carbonyl (C=O) groups is 2. The van der Waals surface area contributed by atoms with Crippen LogP contribution in [0.15, 0.2) is 35.2 Å². The van der Waals surface area contributed by atoms with Gasteiger partial charge in [0.15, 0.2) is 0 Å². The van der Waals surface area contributed by atoms with E-state index in [0.29, 0.717) is 33.7 Å². The summed E-state index contributed by atoms with van der Waals surface area (Å²) < 4.78 is 5.20. The van der Waals surface area contributed by atoms with Crippen molar-refractivity contribution in [1.82, 2.24) is 14.9 Å². The molecule has 1 N–H and O–H groups in total. The zero-order valence-corrected chi connectivity index (χ0v) is 19.9. The van der Waals surface area contributed by atoms with E-state index in [4.69, 9.17) is 14.7 Å². The molecule has 1 amide bonds. The van der Waals surface area contributed by atoms with E-state index in [9.17, 15) is 9.59 Å². The molecule has 0 saturated heterocycles. The van der Waals surface area contributed by atoms with Crippen LogP contribution in [0.5, 0.6) is 0 Å². The van der Waals surface area contributed by atoms with Gasteiger partial charge in [0.1, 0.15) is 27.4 Å². The van der Waals surface area contributed by atoms with Crippen molar-refractivity contribution in [3.8, 4) is 0 Å². The zero-order chi connectivity index (χ0) is 22.5. The average Bonchev–Trinajstić information content (AvgIpc) is 3.09. The second-order valence-electron chi connectivity index (χ2n) is 7.15. The highest BCUT2D eigenvalue weighted by molar-refractivity contribution is 7.98. The Balaban J connectivity index is 2.01. The number of rotatable bonds is 8. The quantitative estimate of drug-likeness (QED) is 0.397. The molecule has 3 aromatic rings. The first kappa shape index (κ1) is 23.0. The van der Waals surface area contributed by atoms with Gasteiger partial charge in [-0.1, -0.05) is 18.2 Å². The number of likely N-dealkylation sites (N-methyl/N-ethyl adjacent to an activating group) is 1. The van der Waals surface area contributed by atoms with Gasteiger partial charge in [-0.15, -0.1) is 23.1 Å². The summed E-state index contributed by atoms with van der Waals surface area (Å²) >= 11 is 2.92. The van der Waals surface area contributed by atoms with Crippen LogP contribution in [0.25, 0.3) is 10.2 Å². The Labute approximate surface area is 190 Å². The lowest BCUT2D eigenvalue weighted by atomic mass is 10.2. The molecule has 2 heterocycles. The van der Waals surface area contributed by atoms with Gasteiger partial charge >= 0.3 is 5.97 Å². The van der Waals surface area contributed by atoms with E-state index in [1.165, 1.54) is 16.2 Å². The topological polar surface area (TPSA) is 84.4 Å². The molecule has 7 nitrogen and oxygen atoms in total. The molecule has 9 heteroatoms. The summed E-state index contributed by atoms with van der Waals surface area (Å²) in [6.45, 7) is 5.73. The second kappa shape index (κ2) is 10.1. The van der Waals surface area contributed by atoms with Crippen LogP contribution in [0, 0.1) is 6.92 Å². The molecule has 0 saturated carbocycles. The number of aryl methyl sites for hydroxylation is 1. The second-order valence-corrected chi connectivity index (χ2v) is 9.19. The fraction of sp³-hybridized carbons (Fsp3) is 0.364. The van der Waals surface area contributed by atoms with Crippen LogP contribution in [-0.4, -0.2) is 53.5 Å². The van der Waals surface area contributed by atoms with Gasteiger partial charge in [0.2, 0.25) is 5.91 Å². The predicted molar refractivity (Wildman–Crippen MR) is 126 cm³/mol. The number of carbonyl (C=O) groups excluding carboxylic acids is 2. The van der Waals surface area contributed by atoms with E-state index in [1.807, 2.05) is 37.3 Å². The van der Waals surface area contributed by atoms with Crippen molar-refractivity contribution in [2.75, 3.05) is 26.0 Å². The van der Waals surface area contributed by atoms with Crippen molar-refractivity contribution in [3.63, 3.8) is 0 Å². The Morgan fingerprint density at radius 2 is 1.94 bits per heavy atom. The predicted octanol–water partition coefficient (Wildman–Crippen LogP) is 4.36. The highest BCUT2D eigenvalue weighted by atomic mass is 32.2. The molecule has 1 aromatic carbocycles. The maximum absolute atomic E-state index is 12.4. The Hall–Kier alpha value is -2.65. The number of fused-ring (bicyclic) bond motifs is 1. The van der Waals surface area contributed by atoms with Gasteiger partial charge in [-0.3, -0.25) is 4.79 Å². The van der Waals surface area contributed by atoms with Crippen molar-refractivity contribution in [2.45, 2.75) is 37.5 Å².